The van der Waals surface area contributed by atoms with Crippen LogP contribution in [0.3, 0.4) is 0 Å². The van der Waals surface area contributed by atoms with E-state index >= 15 is 0 Å². The molecule has 0 radical (unpaired) electrons. The third-order valence-electron chi connectivity index (χ3n) is 3.45. The van der Waals surface area contributed by atoms with E-state index in [2.05, 4.69) is 5.32 Å². The molecule has 0 bridgehead atoms. The number of nitrogens with one attached hydrogen (secondary N) is 1. The van der Waals surface area contributed by atoms with E-state index in [9.17, 15) is 19.2 Å². The fourth-order valence-electron chi connectivity index (χ4n) is 2.13. The Balaban J connectivity index is 1.85. The zero-order valence-corrected chi connectivity index (χ0v) is 15.9. The fourth-order valence-corrected chi connectivity index (χ4v) is 2.97. The van der Waals surface area contributed by atoms with Crippen molar-refractivity contribution in [2.24, 2.45) is 0 Å². The number of thioether (sulfide) groups is 1. The average Bonchev–Trinajstić information content (AvgIpc) is 2.71. The summed E-state index contributed by atoms with van der Waals surface area (Å²) in [5.41, 5.74) is 0.806. The average molecular weight is 401 g/mol. The van der Waals surface area contributed by atoms with Crippen molar-refractivity contribution in [3.05, 3.63) is 71.8 Å². The summed E-state index contributed by atoms with van der Waals surface area (Å²) in [6.45, 7) is 0.652. The summed E-state index contributed by atoms with van der Waals surface area (Å²) in [7, 11) is 0. The summed E-state index contributed by atoms with van der Waals surface area (Å²) < 4.78 is 9.79. The molecular weight excluding hydrogens is 382 g/mol. The SMILES string of the molecule is CC(=O)N[C@@H](CSC(=O)c1ccccc1)C(=O)OCOC(=O)c1ccccc1. The molecule has 1 atom stereocenters. The van der Waals surface area contributed by atoms with Gasteiger partial charge >= 0.3 is 11.9 Å². The molecule has 0 saturated carbocycles. The lowest BCUT2D eigenvalue weighted by Crippen LogP contribution is -2.43. The number of benzene rings is 2. The summed E-state index contributed by atoms with van der Waals surface area (Å²) >= 11 is 0.882. The van der Waals surface area contributed by atoms with Crippen molar-refractivity contribution >= 4 is 34.7 Å². The Morgan fingerprint density at radius 2 is 1.46 bits per heavy atom. The highest BCUT2D eigenvalue weighted by Gasteiger charge is 2.23. The van der Waals surface area contributed by atoms with E-state index in [1.807, 2.05) is 0 Å². The molecule has 0 unspecified atom stereocenters. The van der Waals surface area contributed by atoms with E-state index in [1.54, 1.807) is 60.7 Å². The molecule has 8 heteroatoms. The number of ether oxygens (including phenoxy) is 2. The molecule has 1 amide bonds. The summed E-state index contributed by atoms with van der Waals surface area (Å²) in [6, 6.07) is 15.8. The first-order valence-electron chi connectivity index (χ1n) is 8.35. The van der Waals surface area contributed by atoms with E-state index in [0.717, 1.165) is 11.8 Å². The van der Waals surface area contributed by atoms with Crippen LogP contribution < -0.4 is 5.32 Å². The summed E-state index contributed by atoms with van der Waals surface area (Å²) in [5, 5.41) is 2.19. The van der Waals surface area contributed by atoms with Gasteiger partial charge in [-0.2, -0.15) is 0 Å². The molecule has 1 N–H and O–H groups in total. The lowest BCUT2D eigenvalue weighted by atomic mass is 10.2. The topological polar surface area (TPSA) is 98.8 Å². The predicted octanol–water partition coefficient (Wildman–Crippen LogP) is 2.42. The smallest absolute Gasteiger partial charge is 0.340 e. The standard InChI is InChI=1S/C20H19NO6S/c1-14(22)21-17(12-28-20(25)16-10-6-3-7-11-16)19(24)27-13-26-18(23)15-8-4-2-5-9-15/h2-11,17H,12-13H2,1H3,(H,21,22)/t17-/m0/s1. The van der Waals surface area contributed by atoms with Crippen LogP contribution in [0.15, 0.2) is 60.7 Å². The van der Waals surface area contributed by atoms with E-state index in [-0.39, 0.29) is 10.9 Å². The third kappa shape index (κ3) is 6.88. The van der Waals surface area contributed by atoms with Crippen LogP contribution in [0.2, 0.25) is 0 Å². The number of hydrogen-bond donors (Lipinski definition) is 1. The van der Waals surface area contributed by atoms with Crippen molar-refractivity contribution in [2.75, 3.05) is 12.5 Å². The first kappa shape index (κ1) is 21.2. The number of rotatable bonds is 8. The first-order valence-corrected chi connectivity index (χ1v) is 9.34. The van der Waals surface area contributed by atoms with Gasteiger partial charge in [0.25, 0.3) is 0 Å². The third-order valence-corrected chi connectivity index (χ3v) is 4.45. The molecule has 0 aliphatic rings. The lowest BCUT2D eigenvalue weighted by Gasteiger charge is -2.16. The highest BCUT2D eigenvalue weighted by molar-refractivity contribution is 8.14. The molecule has 28 heavy (non-hydrogen) atoms. The number of hydrogen-bond acceptors (Lipinski definition) is 7. The van der Waals surface area contributed by atoms with E-state index in [4.69, 9.17) is 9.47 Å². The Bertz CT molecular complexity index is 825. The number of amides is 1. The lowest BCUT2D eigenvalue weighted by molar-refractivity contribution is -0.155. The molecule has 146 valence electrons. The Labute approximate surface area is 166 Å². The molecule has 2 aromatic carbocycles. The van der Waals surface area contributed by atoms with Gasteiger partial charge in [-0.3, -0.25) is 9.59 Å². The molecule has 7 nitrogen and oxygen atoms in total. The van der Waals surface area contributed by atoms with Crippen molar-refractivity contribution in [1.29, 1.82) is 0 Å². The molecule has 2 rings (SSSR count). The summed E-state index contributed by atoms with van der Waals surface area (Å²) in [4.78, 5) is 47.5. The second-order valence-corrected chi connectivity index (χ2v) is 6.59. The van der Waals surface area contributed by atoms with Crippen molar-refractivity contribution in [2.45, 2.75) is 13.0 Å². The van der Waals surface area contributed by atoms with Crippen molar-refractivity contribution in [3.63, 3.8) is 0 Å². The van der Waals surface area contributed by atoms with E-state index in [0.29, 0.717) is 11.1 Å². The normalized spacial score (nSPS) is 11.2. The summed E-state index contributed by atoms with van der Waals surface area (Å²) in [6.07, 6.45) is 0. The molecule has 0 spiro atoms. The summed E-state index contributed by atoms with van der Waals surface area (Å²) in [5.74, 6) is -1.91. The van der Waals surface area contributed by atoms with Gasteiger partial charge in [0.1, 0.15) is 6.04 Å². The van der Waals surface area contributed by atoms with Crippen LogP contribution in [0.4, 0.5) is 0 Å². The van der Waals surface area contributed by atoms with Gasteiger partial charge in [-0.15, -0.1) is 0 Å². The Hall–Kier alpha value is -3.13. The largest absolute Gasteiger partial charge is 0.426 e. The van der Waals surface area contributed by atoms with Crippen LogP contribution in [-0.4, -0.2) is 41.5 Å². The Morgan fingerprint density at radius 3 is 2.04 bits per heavy atom. The maximum atomic E-state index is 12.2. The highest BCUT2D eigenvalue weighted by atomic mass is 32.2. The monoisotopic (exact) mass is 401 g/mol. The second kappa shape index (κ2) is 10.9. The Morgan fingerprint density at radius 1 is 0.893 bits per heavy atom. The first-order chi connectivity index (χ1) is 13.5. The highest BCUT2D eigenvalue weighted by Crippen LogP contribution is 2.14. The molecular formula is C20H19NO6S. The van der Waals surface area contributed by atoms with Gasteiger partial charge in [0.2, 0.25) is 17.8 Å². The van der Waals surface area contributed by atoms with Crippen LogP contribution in [0.5, 0.6) is 0 Å². The van der Waals surface area contributed by atoms with Gasteiger partial charge in [-0.1, -0.05) is 60.3 Å². The minimum atomic E-state index is -1.05. The van der Waals surface area contributed by atoms with Crippen LogP contribution in [0.25, 0.3) is 0 Å². The minimum absolute atomic E-state index is 0.0151. The van der Waals surface area contributed by atoms with Crippen LogP contribution in [0, 0.1) is 0 Å². The maximum absolute atomic E-state index is 12.2. The number of carbonyl (C=O) groups is 4. The minimum Gasteiger partial charge on any atom is -0.426 e. The van der Waals surface area contributed by atoms with Crippen molar-refractivity contribution in [1.82, 2.24) is 5.32 Å². The molecule has 0 aromatic heterocycles. The molecule has 0 fully saturated rings. The molecule has 0 aliphatic heterocycles. The predicted molar refractivity (Wildman–Crippen MR) is 104 cm³/mol. The molecule has 0 heterocycles. The quantitative estimate of drug-likeness (QED) is 0.536. The van der Waals surface area contributed by atoms with E-state index in [1.165, 1.54) is 6.92 Å². The maximum Gasteiger partial charge on any atom is 0.340 e. The van der Waals surface area contributed by atoms with Gasteiger partial charge in [0.05, 0.1) is 5.56 Å². The fraction of sp³-hybridized carbons (Fsp3) is 0.200. The van der Waals surface area contributed by atoms with Gasteiger partial charge in [0, 0.05) is 18.2 Å². The zero-order valence-electron chi connectivity index (χ0n) is 15.1. The van der Waals surface area contributed by atoms with E-state index < -0.39 is 30.7 Å². The van der Waals surface area contributed by atoms with Crippen LogP contribution >= 0.6 is 11.8 Å². The van der Waals surface area contributed by atoms with Crippen LogP contribution in [0.1, 0.15) is 27.6 Å². The van der Waals surface area contributed by atoms with Crippen LogP contribution in [-0.2, 0) is 19.1 Å². The van der Waals surface area contributed by atoms with Gasteiger partial charge in [-0.05, 0) is 12.1 Å². The zero-order chi connectivity index (χ0) is 20.4. The number of carbonyl (C=O) groups excluding carboxylic acids is 4. The van der Waals surface area contributed by atoms with Gasteiger partial charge < -0.3 is 14.8 Å². The number of esters is 2. The second-order valence-electron chi connectivity index (χ2n) is 5.60. The van der Waals surface area contributed by atoms with Gasteiger partial charge in [-0.25, -0.2) is 9.59 Å². The molecule has 0 saturated heterocycles. The van der Waals surface area contributed by atoms with Crippen molar-refractivity contribution < 1.29 is 28.7 Å². The molecule has 2 aromatic rings. The Kier molecular flexibility index (Phi) is 8.23. The molecule has 0 aliphatic carbocycles. The van der Waals surface area contributed by atoms with Crippen molar-refractivity contribution in [3.8, 4) is 0 Å². The van der Waals surface area contributed by atoms with Gasteiger partial charge in [0.15, 0.2) is 0 Å².